The molecule has 2 aromatic carbocycles. The quantitative estimate of drug-likeness (QED) is 0.793. The fraction of sp³-hybridized carbons (Fsp3) is 0.125. The Morgan fingerprint density at radius 1 is 0.955 bits per heavy atom. The number of hydrogen-bond acceptors (Lipinski definition) is 3. The van der Waals surface area contributed by atoms with Crippen LogP contribution in [-0.4, -0.2) is 25.4 Å². The van der Waals surface area contributed by atoms with E-state index >= 15 is 0 Å². The van der Waals surface area contributed by atoms with E-state index in [1.807, 2.05) is 0 Å². The summed E-state index contributed by atoms with van der Waals surface area (Å²) in [6.07, 6.45) is 0. The van der Waals surface area contributed by atoms with Crippen LogP contribution in [0.15, 0.2) is 48.5 Å². The number of nitrogens with one attached hydrogen (secondary N) is 3. The first-order valence-corrected chi connectivity index (χ1v) is 6.70. The van der Waals surface area contributed by atoms with Gasteiger partial charge < -0.3 is 16.0 Å². The maximum Gasteiger partial charge on any atom is 0.251 e. The highest BCUT2D eigenvalue weighted by Gasteiger charge is 2.04. The Labute approximate surface area is 127 Å². The minimum absolute atomic E-state index is 0.0662. The van der Waals surface area contributed by atoms with Crippen LogP contribution in [0.4, 0.5) is 15.8 Å². The molecule has 0 aliphatic carbocycles. The first kappa shape index (κ1) is 15.5. The number of amides is 2. The molecule has 0 heterocycles. The molecular formula is C16H16FN3O2. The lowest BCUT2D eigenvalue weighted by Gasteiger charge is -2.08. The van der Waals surface area contributed by atoms with E-state index in [0.29, 0.717) is 11.3 Å². The average molecular weight is 301 g/mol. The van der Waals surface area contributed by atoms with Crippen LogP contribution in [0.25, 0.3) is 0 Å². The zero-order valence-corrected chi connectivity index (χ0v) is 12.0. The van der Waals surface area contributed by atoms with Crippen molar-refractivity contribution < 1.29 is 14.0 Å². The lowest BCUT2D eigenvalue weighted by molar-refractivity contribution is -0.114. The number of anilines is 2. The minimum Gasteiger partial charge on any atom is -0.376 e. The van der Waals surface area contributed by atoms with Crippen LogP contribution in [0, 0.1) is 5.82 Å². The molecule has 0 aromatic heterocycles. The highest BCUT2D eigenvalue weighted by molar-refractivity contribution is 5.95. The minimum atomic E-state index is -0.354. The molecule has 2 amide bonds. The Hall–Kier alpha value is -2.89. The lowest BCUT2D eigenvalue weighted by atomic mass is 10.2. The van der Waals surface area contributed by atoms with Gasteiger partial charge in [0.05, 0.1) is 6.54 Å². The van der Waals surface area contributed by atoms with Gasteiger partial charge in [-0.05, 0) is 48.5 Å². The van der Waals surface area contributed by atoms with Crippen molar-refractivity contribution in [1.29, 1.82) is 0 Å². The van der Waals surface area contributed by atoms with E-state index in [1.54, 1.807) is 31.3 Å². The third-order valence-electron chi connectivity index (χ3n) is 2.96. The van der Waals surface area contributed by atoms with Gasteiger partial charge in [0.1, 0.15) is 5.82 Å². The number of carbonyl (C=O) groups is 2. The van der Waals surface area contributed by atoms with Gasteiger partial charge in [0.25, 0.3) is 5.91 Å². The van der Waals surface area contributed by atoms with E-state index in [0.717, 1.165) is 5.69 Å². The number of hydrogen-bond donors (Lipinski definition) is 3. The molecule has 0 saturated heterocycles. The van der Waals surface area contributed by atoms with Crippen LogP contribution in [0.5, 0.6) is 0 Å². The van der Waals surface area contributed by atoms with Crippen molar-refractivity contribution >= 4 is 23.2 Å². The fourth-order valence-electron chi connectivity index (χ4n) is 1.80. The highest BCUT2D eigenvalue weighted by atomic mass is 19.1. The van der Waals surface area contributed by atoms with Crippen molar-refractivity contribution in [3.8, 4) is 0 Å². The van der Waals surface area contributed by atoms with Crippen LogP contribution < -0.4 is 16.0 Å². The van der Waals surface area contributed by atoms with Crippen LogP contribution in [0.2, 0.25) is 0 Å². The second-order valence-corrected chi connectivity index (χ2v) is 4.57. The van der Waals surface area contributed by atoms with Crippen molar-refractivity contribution in [3.63, 3.8) is 0 Å². The monoisotopic (exact) mass is 301 g/mol. The van der Waals surface area contributed by atoms with Crippen molar-refractivity contribution in [2.24, 2.45) is 0 Å². The zero-order valence-electron chi connectivity index (χ0n) is 12.0. The topological polar surface area (TPSA) is 70.2 Å². The van der Waals surface area contributed by atoms with E-state index < -0.39 is 0 Å². The average Bonchev–Trinajstić information content (AvgIpc) is 2.55. The third-order valence-corrected chi connectivity index (χ3v) is 2.96. The van der Waals surface area contributed by atoms with E-state index in [9.17, 15) is 14.0 Å². The Kier molecular flexibility index (Phi) is 5.08. The molecule has 0 atom stereocenters. The summed E-state index contributed by atoms with van der Waals surface area (Å²) >= 11 is 0. The van der Waals surface area contributed by atoms with Crippen molar-refractivity contribution in [1.82, 2.24) is 5.32 Å². The Morgan fingerprint density at radius 2 is 1.55 bits per heavy atom. The first-order valence-electron chi connectivity index (χ1n) is 6.70. The summed E-state index contributed by atoms with van der Waals surface area (Å²) < 4.78 is 12.8. The summed E-state index contributed by atoms with van der Waals surface area (Å²) in [6, 6.07) is 12.3. The van der Waals surface area contributed by atoms with Crippen LogP contribution >= 0.6 is 0 Å². The van der Waals surface area contributed by atoms with E-state index in [-0.39, 0.29) is 24.2 Å². The molecule has 3 N–H and O–H groups in total. The van der Waals surface area contributed by atoms with Gasteiger partial charge in [-0.3, -0.25) is 9.59 Å². The summed E-state index contributed by atoms with van der Waals surface area (Å²) in [5.41, 5.74) is 1.80. The highest BCUT2D eigenvalue weighted by Crippen LogP contribution is 2.10. The zero-order chi connectivity index (χ0) is 15.9. The van der Waals surface area contributed by atoms with Crippen LogP contribution in [0.1, 0.15) is 10.4 Å². The maximum atomic E-state index is 12.8. The van der Waals surface area contributed by atoms with Gasteiger partial charge in [-0.25, -0.2) is 4.39 Å². The molecule has 0 aliphatic rings. The summed E-state index contributed by atoms with van der Waals surface area (Å²) in [5, 5.41) is 8.12. The smallest absolute Gasteiger partial charge is 0.251 e. The summed E-state index contributed by atoms with van der Waals surface area (Å²) in [6.45, 7) is 0.0662. The molecule has 114 valence electrons. The van der Waals surface area contributed by atoms with E-state index in [1.165, 1.54) is 24.3 Å². The molecule has 5 nitrogen and oxygen atoms in total. The van der Waals surface area contributed by atoms with Gasteiger partial charge >= 0.3 is 0 Å². The van der Waals surface area contributed by atoms with Gasteiger partial charge in [0, 0.05) is 24.0 Å². The van der Waals surface area contributed by atoms with Crippen LogP contribution in [0.3, 0.4) is 0 Å². The summed E-state index contributed by atoms with van der Waals surface area (Å²) in [7, 11) is 1.56. The Bertz CT molecular complexity index is 654. The predicted octanol–water partition coefficient (Wildman–Crippen LogP) is 2.24. The summed E-state index contributed by atoms with van der Waals surface area (Å²) in [5.74, 6) is -0.769. The molecule has 6 heteroatoms. The molecule has 2 rings (SSSR count). The second kappa shape index (κ2) is 7.21. The lowest BCUT2D eigenvalue weighted by Crippen LogP contribution is -2.22. The van der Waals surface area contributed by atoms with Gasteiger partial charge in [0.2, 0.25) is 5.91 Å². The maximum absolute atomic E-state index is 12.8. The Balaban J connectivity index is 1.85. The van der Waals surface area contributed by atoms with E-state index in [4.69, 9.17) is 0 Å². The SMILES string of the molecule is CNC(=O)c1ccc(NCC(=O)Nc2ccc(F)cc2)cc1. The molecule has 0 radical (unpaired) electrons. The molecule has 0 bridgehead atoms. The fourth-order valence-corrected chi connectivity index (χ4v) is 1.80. The normalized spacial score (nSPS) is 9.91. The van der Waals surface area contributed by atoms with Crippen molar-refractivity contribution in [2.45, 2.75) is 0 Å². The molecule has 0 fully saturated rings. The summed E-state index contributed by atoms with van der Waals surface area (Å²) in [4.78, 5) is 23.2. The number of rotatable bonds is 5. The number of halogens is 1. The van der Waals surface area contributed by atoms with Crippen molar-refractivity contribution in [3.05, 3.63) is 59.9 Å². The number of benzene rings is 2. The third kappa shape index (κ3) is 4.31. The van der Waals surface area contributed by atoms with Crippen LogP contribution in [-0.2, 0) is 4.79 Å². The molecule has 22 heavy (non-hydrogen) atoms. The molecule has 0 unspecified atom stereocenters. The second-order valence-electron chi connectivity index (χ2n) is 4.57. The van der Waals surface area contributed by atoms with Crippen molar-refractivity contribution in [2.75, 3.05) is 24.2 Å². The molecular weight excluding hydrogens is 285 g/mol. The molecule has 0 saturated carbocycles. The molecule has 2 aromatic rings. The van der Waals surface area contributed by atoms with Gasteiger partial charge in [-0.1, -0.05) is 0 Å². The molecule has 0 aliphatic heterocycles. The van der Waals surface area contributed by atoms with Gasteiger partial charge in [0.15, 0.2) is 0 Å². The van der Waals surface area contributed by atoms with Gasteiger partial charge in [-0.2, -0.15) is 0 Å². The first-order chi connectivity index (χ1) is 10.6. The Morgan fingerprint density at radius 3 is 2.14 bits per heavy atom. The van der Waals surface area contributed by atoms with Gasteiger partial charge in [-0.15, -0.1) is 0 Å². The van der Waals surface area contributed by atoms with E-state index in [2.05, 4.69) is 16.0 Å². The molecule has 0 spiro atoms. The largest absolute Gasteiger partial charge is 0.376 e. The predicted molar refractivity (Wildman–Crippen MR) is 83.4 cm³/mol. The number of carbonyl (C=O) groups excluding carboxylic acids is 2. The standard InChI is InChI=1S/C16H16FN3O2/c1-18-16(22)11-2-6-13(7-3-11)19-10-15(21)20-14-8-4-12(17)5-9-14/h2-9,19H,10H2,1H3,(H,18,22)(H,20,21).